The van der Waals surface area contributed by atoms with Gasteiger partial charge in [-0.3, -0.25) is 9.59 Å². The van der Waals surface area contributed by atoms with E-state index in [4.69, 9.17) is 10.2 Å². The minimum absolute atomic E-state index is 0. The fraction of sp³-hybridized carbons (Fsp3) is 0.833. The van der Waals surface area contributed by atoms with E-state index in [1.54, 1.807) is 0 Å². The van der Waals surface area contributed by atoms with Crippen LogP contribution in [0.4, 0.5) is 0 Å². The van der Waals surface area contributed by atoms with Gasteiger partial charge in [0.2, 0.25) is 0 Å². The van der Waals surface area contributed by atoms with Crippen LogP contribution in [0, 0.1) is 23.7 Å². The van der Waals surface area contributed by atoms with Crippen LogP contribution in [0.3, 0.4) is 0 Å². The first-order valence-corrected chi connectivity index (χ1v) is 16.9. The first kappa shape index (κ1) is 44.1. The number of unbranched alkanes of at least 4 members (excludes halogenated alkanes) is 22. The topological polar surface area (TPSA) is 74.6 Å². The summed E-state index contributed by atoms with van der Waals surface area (Å²) in [7, 11) is 0. The fourth-order valence-electron chi connectivity index (χ4n) is 4.38. The number of hydrogen-bond donors (Lipinski definition) is 2. The van der Waals surface area contributed by atoms with Crippen LogP contribution in [0.25, 0.3) is 0 Å². The standard InChI is InChI=1S/2C18H32O2.Zn/c2*1-2-3-4-5-6-7-8-9-10-11-12-13-14-15-16-17-18(19)20;/h2*2-8,11-17H2,1H3,(H,19,20);. The number of carboxylic acid groups (broad SMARTS) is 2. The van der Waals surface area contributed by atoms with E-state index < -0.39 is 11.9 Å². The molecule has 0 aliphatic rings. The molecule has 0 saturated heterocycles. The Kier molecular flexibility index (Phi) is 43.9. The van der Waals surface area contributed by atoms with Crippen molar-refractivity contribution in [3.63, 3.8) is 0 Å². The van der Waals surface area contributed by atoms with Crippen molar-refractivity contribution in [2.75, 3.05) is 0 Å². The third kappa shape index (κ3) is 48.7. The minimum Gasteiger partial charge on any atom is -0.481 e. The van der Waals surface area contributed by atoms with Crippen LogP contribution in [0.1, 0.15) is 194 Å². The first-order chi connectivity index (χ1) is 19.5. The smallest absolute Gasteiger partial charge is 0.303 e. The van der Waals surface area contributed by atoms with Gasteiger partial charge in [0.15, 0.2) is 0 Å². The summed E-state index contributed by atoms with van der Waals surface area (Å²) >= 11 is 0. The number of hydrogen-bond acceptors (Lipinski definition) is 2. The van der Waals surface area contributed by atoms with Crippen LogP contribution < -0.4 is 0 Å². The van der Waals surface area contributed by atoms with Gasteiger partial charge in [-0.25, -0.2) is 0 Å². The summed E-state index contributed by atoms with van der Waals surface area (Å²) < 4.78 is 0. The van der Waals surface area contributed by atoms with Crippen molar-refractivity contribution >= 4 is 11.9 Å². The second-order valence-electron chi connectivity index (χ2n) is 11.1. The Labute approximate surface area is 267 Å². The molecule has 0 heterocycles. The maximum absolute atomic E-state index is 10.3. The van der Waals surface area contributed by atoms with E-state index in [1.165, 1.54) is 89.9 Å². The van der Waals surface area contributed by atoms with E-state index in [0.29, 0.717) is 12.8 Å². The molecule has 0 saturated carbocycles. The molecule has 0 aliphatic carbocycles. The molecule has 0 aromatic rings. The Morgan fingerprint density at radius 2 is 0.610 bits per heavy atom. The molecule has 0 radical (unpaired) electrons. The molecule has 234 valence electrons. The van der Waals surface area contributed by atoms with Crippen molar-refractivity contribution < 1.29 is 39.3 Å². The van der Waals surface area contributed by atoms with Crippen LogP contribution in [-0.4, -0.2) is 22.2 Å². The summed E-state index contributed by atoms with van der Waals surface area (Å²) in [4.78, 5) is 20.6. The van der Waals surface area contributed by atoms with E-state index in [-0.39, 0.29) is 19.5 Å². The van der Waals surface area contributed by atoms with Crippen LogP contribution in [0.15, 0.2) is 0 Å². The van der Waals surface area contributed by atoms with Gasteiger partial charge in [0.1, 0.15) is 0 Å². The predicted molar refractivity (Wildman–Crippen MR) is 171 cm³/mol. The Balaban J connectivity index is -0.000000688. The average molecular weight is 626 g/mol. The molecule has 41 heavy (non-hydrogen) atoms. The molecule has 2 N–H and O–H groups in total. The summed E-state index contributed by atoms with van der Waals surface area (Å²) in [6.07, 6.45) is 31.5. The van der Waals surface area contributed by atoms with Crippen LogP contribution in [0.2, 0.25) is 0 Å². The van der Waals surface area contributed by atoms with E-state index in [2.05, 4.69) is 37.5 Å². The summed E-state index contributed by atoms with van der Waals surface area (Å²) in [5, 5.41) is 17.0. The molecular weight excluding hydrogens is 562 g/mol. The molecule has 0 aromatic carbocycles. The zero-order valence-corrected chi connectivity index (χ0v) is 30.2. The SMILES string of the molecule is CCCCCCCCC#CCCCCCCCC(=O)O.CCCCCCCCC#CCCCCCCCC(=O)O.[Zn]. The summed E-state index contributed by atoms with van der Waals surface area (Å²) in [6.45, 7) is 4.50. The summed E-state index contributed by atoms with van der Waals surface area (Å²) in [5.41, 5.74) is 0. The van der Waals surface area contributed by atoms with Gasteiger partial charge in [0, 0.05) is 58.0 Å². The molecular formula is C36H64O4Zn. The zero-order chi connectivity index (χ0) is 29.8. The van der Waals surface area contributed by atoms with Gasteiger partial charge in [-0.05, 0) is 38.5 Å². The van der Waals surface area contributed by atoms with Crippen molar-refractivity contribution in [1.82, 2.24) is 0 Å². The number of rotatable bonds is 26. The maximum atomic E-state index is 10.3. The van der Waals surface area contributed by atoms with Gasteiger partial charge in [-0.1, -0.05) is 117 Å². The molecule has 5 heteroatoms. The molecule has 0 rings (SSSR count). The van der Waals surface area contributed by atoms with Crippen molar-refractivity contribution in [2.24, 2.45) is 0 Å². The quantitative estimate of drug-likeness (QED) is 0.0569. The van der Waals surface area contributed by atoms with Crippen LogP contribution in [0.5, 0.6) is 0 Å². The van der Waals surface area contributed by atoms with Crippen molar-refractivity contribution in [3.05, 3.63) is 0 Å². The second kappa shape index (κ2) is 40.8. The summed E-state index contributed by atoms with van der Waals surface area (Å²) in [6, 6.07) is 0. The Morgan fingerprint density at radius 3 is 0.854 bits per heavy atom. The first-order valence-electron chi connectivity index (χ1n) is 16.9. The zero-order valence-electron chi connectivity index (χ0n) is 27.2. The molecule has 0 atom stereocenters. The molecule has 0 aliphatic heterocycles. The average Bonchev–Trinajstić information content (AvgIpc) is 2.93. The molecule has 0 spiro atoms. The van der Waals surface area contributed by atoms with Gasteiger partial charge in [-0.15, -0.1) is 23.7 Å². The minimum atomic E-state index is -0.675. The van der Waals surface area contributed by atoms with Gasteiger partial charge in [0.25, 0.3) is 0 Å². The third-order valence-corrected chi connectivity index (χ3v) is 6.95. The van der Waals surface area contributed by atoms with Crippen LogP contribution >= 0.6 is 0 Å². The molecule has 4 nitrogen and oxygen atoms in total. The van der Waals surface area contributed by atoms with Gasteiger partial charge >= 0.3 is 11.9 Å². The molecule has 0 fully saturated rings. The van der Waals surface area contributed by atoms with E-state index in [0.717, 1.165) is 77.0 Å². The largest absolute Gasteiger partial charge is 0.481 e. The number of carboxylic acids is 2. The normalized spacial score (nSPS) is 9.80. The predicted octanol–water partition coefficient (Wildman–Crippen LogP) is 11.1. The fourth-order valence-corrected chi connectivity index (χ4v) is 4.38. The van der Waals surface area contributed by atoms with Gasteiger partial charge in [0.05, 0.1) is 0 Å². The Hall–Kier alpha value is -1.32. The Bertz CT molecular complexity index is 611. The molecule has 0 unspecified atom stereocenters. The van der Waals surface area contributed by atoms with Crippen LogP contribution in [-0.2, 0) is 29.1 Å². The molecule has 0 aromatic heterocycles. The second-order valence-corrected chi connectivity index (χ2v) is 11.1. The van der Waals surface area contributed by atoms with E-state index in [1.807, 2.05) is 0 Å². The van der Waals surface area contributed by atoms with E-state index >= 15 is 0 Å². The van der Waals surface area contributed by atoms with Crippen molar-refractivity contribution in [2.45, 2.75) is 194 Å². The van der Waals surface area contributed by atoms with E-state index in [9.17, 15) is 9.59 Å². The molecule has 0 bridgehead atoms. The number of carbonyl (C=O) groups is 2. The number of aliphatic carboxylic acids is 2. The Morgan fingerprint density at radius 1 is 0.390 bits per heavy atom. The van der Waals surface area contributed by atoms with Crippen molar-refractivity contribution in [3.8, 4) is 23.7 Å². The molecule has 0 amide bonds. The van der Waals surface area contributed by atoms with Crippen molar-refractivity contribution in [1.29, 1.82) is 0 Å². The van der Waals surface area contributed by atoms with Gasteiger partial charge in [-0.2, -0.15) is 0 Å². The monoisotopic (exact) mass is 624 g/mol. The maximum Gasteiger partial charge on any atom is 0.303 e. The summed E-state index contributed by atoms with van der Waals surface area (Å²) in [5.74, 6) is 11.7. The third-order valence-electron chi connectivity index (χ3n) is 6.95. The van der Waals surface area contributed by atoms with Gasteiger partial charge < -0.3 is 10.2 Å².